The predicted octanol–water partition coefficient (Wildman–Crippen LogP) is 3.27. The fourth-order valence-electron chi connectivity index (χ4n) is 5.42. The third-order valence-electron chi connectivity index (χ3n) is 7.12. The van der Waals surface area contributed by atoms with E-state index < -0.39 is 0 Å². The molecule has 2 fully saturated rings. The van der Waals surface area contributed by atoms with E-state index in [1.165, 1.54) is 12.0 Å². The second kappa shape index (κ2) is 10.1. The molecule has 2 aromatic rings. The molecule has 1 saturated heterocycles. The van der Waals surface area contributed by atoms with Crippen LogP contribution in [0.5, 0.6) is 11.5 Å². The van der Waals surface area contributed by atoms with Crippen LogP contribution >= 0.6 is 0 Å². The van der Waals surface area contributed by atoms with Crippen molar-refractivity contribution in [2.24, 2.45) is 11.3 Å². The minimum atomic E-state index is -0.0958. The molecule has 0 N–H and O–H groups in total. The lowest BCUT2D eigenvalue weighted by molar-refractivity contribution is -0.164. The second-order valence-electron chi connectivity index (χ2n) is 9.64. The van der Waals surface area contributed by atoms with Crippen LogP contribution in [0, 0.1) is 18.3 Å². The number of likely N-dealkylation sites (tertiary alicyclic amines) is 1. The lowest BCUT2D eigenvalue weighted by atomic mass is 9.57. The van der Waals surface area contributed by atoms with Gasteiger partial charge in [-0.2, -0.15) is 0 Å². The Hall–Kier alpha value is -3.39. The number of pyridine rings is 1. The van der Waals surface area contributed by atoms with Crippen LogP contribution < -0.4 is 9.47 Å². The zero-order valence-electron chi connectivity index (χ0n) is 21.0. The largest absolute Gasteiger partial charge is 0.496 e. The Bertz CT molecular complexity index is 1110. The van der Waals surface area contributed by atoms with Gasteiger partial charge in [-0.3, -0.25) is 19.5 Å². The van der Waals surface area contributed by atoms with Crippen molar-refractivity contribution in [3.8, 4) is 11.5 Å². The highest BCUT2D eigenvalue weighted by atomic mass is 16.5. The molecule has 2 aliphatic rings. The number of ether oxygens (including phenoxy) is 3. The average molecular weight is 480 g/mol. The summed E-state index contributed by atoms with van der Waals surface area (Å²) in [5.41, 5.74) is 4.93. The van der Waals surface area contributed by atoms with Crippen LogP contribution in [0.2, 0.25) is 0 Å². The Morgan fingerprint density at radius 2 is 1.86 bits per heavy atom. The summed E-state index contributed by atoms with van der Waals surface area (Å²) in [6.07, 6.45) is 7.91. The van der Waals surface area contributed by atoms with E-state index in [4.69, 9.17) is 14.2 Å². The molecule has 2 heterocycles. The number of hydrogen-bond donors (Lipinski definition) is 0. The molecule has 1 aliphatic carbocycles. The van der Waals surface area contributed by atoms with Crippen LogP contribution in [-0.4, -0.2) is 68.6 Å². The average Bonchev–Trinajstić information content (AvgIpc) is 2.82. The number of hydrogen-bond acceptors (Lipinski definition) is 7. The Morgan fingerprint density at radius 3 is 2.40 bits per heavy atom. The van der Waals surface area contributed by atoms with Gasteiger partial charge in [0, 0.05) is 50.8 Å². The summed E-state index contributed by atoms with van der Waals surface area (Å²) in [5, 5.41) is 0. The number of esters is 1. The molecular weight excluding hydrogens is 446 g/mol. The van der Waals surface area contributed by atoms with Crippen LogP contribution in [-0.2, 0) is 20.9 Å². The summed E-state index contributed by atoms with van der Waals surface area (Å²) in [6.45, 7) is 4.57. The Balaban J connectivity index is 1.60. The number of carbonyl (C=O) groups is 2. The highest BCUT2D eigenvalue weighted by molar-refractivity contribution is 5.83. The van der Waals surface area contributed by atoms with Crippen molar-refractivity contribution in [3.05, 3.63) is 59.0 Å². The number of aromatic nitrogens is 1. The van der Waals surface area contributed by atoms with Crippen LogP contribution in [0.1, 0.15) is 35.1 Å². The molecule has 186 valence electrons. The Morgan fingerprint density at radius 1 is 1.20 bits per heavy atom. The first-order valence-corrected chi connectivity index (χ1v) is 11.7. The first-order chi connectivity index (χ1) is 16.8. The normalized spacial score (nSPS) is 17.3. The van der Waals surface area contributed by atoms with Gasteiger partial charge in [-0.25, -0.2) is 0 Å². The molecule has 35 heavy (non-hydrogen) atoms. The van der Waals surface area contributed by atoms with E-state index in [9.17, 15) is 9.59 Å². The van der Waals surface area contributed by atoms with Gasteiger partial charge in [-0.1, -0.05) is 0 Å². The third-order valence-corrected chi connectivity index (χ3v) is 7.12. The minimum Gasteiger partial charge on any atom is -0.496 e. The second-order valence-corrected chi connectivity index (χ2v) is 9.64. The summed E-state index contributed by atoms with van der Waals surface area (Å²) in [5.74, 6) is 1.40. The molecule has 1 aliphatic heterocycles. The van der Waals surface area contributed by atoms with Crippen LogP contribution in [0.15, 0.2) is 36.8 Å². The first-order valence-electron chi connectivity index (χ1n) is 11.7. The van der Waals surface area contributed by atoms with Crippen LogP contribution in [0.25, 0.3) is 5.57 Å². The number of benzene rings is 1. The van der Waals surface area contributed by atoms with E-state index in [2.05, 4.69) is 9.88 Å². The van der Waals surface area contributed by atoms with Gasteiger partial charge in [-0.05, 0) is 60.1 Å². The maximum absolute atomic E-state index is 11.8. The molecule has 0 unspecified atom stereocenters. The van der Waals surface area contributed by atoms with Gasteiger partial charge < -0.3 is 19.1 Å². The van der Waals surface area contributed by atoms with Crippen LogP contribution in [0.3, 0.4) is 0 Å². The van der Waals surface area contributed by atoms with E-state index >= 15 is 0 Å². The molecule has 1 amide bonds. The van der Waals surface area contributed by atoms with Crippen LogP contribution in [0.4, 0.5) is 0 Å². The van der Waals surface area contributed by atoms with Crippen molar-refractivity contribution >= 4 is 18.0 Å². The highest BCUT2D eigenvalue weighted by Crippen LogP contribution is 2.53. The minimum absolute atomic E-state index is 0.0388. The van der Waals surface area contributed by atoms with Crippen molar-refractivity contribution < 1.29 is 23.8 Å². The molecule has 8 nitrogen and oxygen atoms in total. The molecular formula is C27H33N3O5. The number of amides is 1. The SMILES string of the molecule is COC(=O)C1CC2(C1)CN(Cc1c(OC)cc(/C(=C/N(C)C=O)c3ccncc3C)cc1OC)C2. The lowest BCUT2D eigenvalue weighted by Crippen LogP contribution is -2.62. The summed E-state index contributed by atoms with van der Waals surface area (Å²) in [4.78, 5) is 31.2. The topological polar surface area (TPSA) is 81.2 Å². The molecule has 4 rings (SSSR count). The van der Waals surface area contributed by atoms with Gasteiger partial charge in [0.15, 0.2) is 0 Å². The number of aryl methyl sites for hydroxylation is 1. The van der Waals surface area contributed by atoms with Crippen molar-refractivity contribution in [2.45, 2.75) is 26.3 Å². The molecule has 0 radical (unpaired) electrons. The monoisotopic (exact) mass is 479 g/mol. The lowest BCUT2D eigenvalue weighted by Gasteiger charge is -2.58. The smallest absolute Gasteiger partial charge is 0.308 e. The van der Waals surface area contributed by atoms with Gasteiger partial charge in [-0.15, -0.1) is 0 Å². The fourth-order valence-corrected chi connectivity index (χ4v) is 5.42. The zero-order chi connectivity index (χ0) is 25.2. The van der Waals surface area contributed by atoms with E-state index in [-0.39, 0.29) is 17.3 Å². The van der Waals surface area contributed by atoms with Gasteiger partial charge >= 0.3 is 5.97 Å². The first kappa shape index (κ1) is 24.7. The van der Waals surface area contributed by atoms with E-state index in [1.54, 1.807) is 39.9 Å². The van der Waals surface area contributed by atoms with Crippen molar-refractivity contribution in [3.63, 3.8) is 0 Å². The van der Waals surface area contributed by atoms with E-state index in [0.29, 0.717) is 6.54 Å². The van der Waals surface area contributed by atoms with Crippen molar-refractivity contribution in [1.29, 1.82) is 0 Å². The van der Waals surface area contributed by atoms with Gasteiger partial charge in [0.1, 0.15) is 11.5 Å². The number of nitrogens with zero attached hydrogens (tertiary/aromatic N) is 3. The van der Waals surface area contributed by atoms with Gasteiger partial charge in [0.25, 0.3) is 0 Å². The molecule has 0 atom stereocenters. The Kier molecular flexibility index (Phi) is 7.12. The standard InChI is InChI=1S/C27H33N3O5/c1-18-12-28-7-6-21(18)22(13-29(2)17-31)19-8-24(33-3)23(25(9-19)34-4)14-30-15-27(16-30)10-20(11-27)26(32)35-5/h6-9,12-13,17,20H,10-11,14-16H2,1-5H3/b22-13-. The molecule has 0 bridgehead atoms. The Labute approximate surface area is 206 Å². The maximum Gasteiger partial charge on any atom is 0.308 e. The summed E-state index contributed by atoms with van der Waals surface area (Å²) in [6, 6.07) is 5.93. The van der Waals surface area contributed by atoms with Gasteiger partial charge in [0.2, 0.25) is 6.41 Å². The molecule has 1 saturated carbocycles. The number of carbonyl (C=O) groups excluding carboxylic acids is 2. The summed E-state index contributed by atoms with van der Waals surface area (Å²) < 4.78 is 16.5. The summed E-state index contributed by atoms with van der Waals surface area (Å²) in [7, 11) is 6.48. The molecule has 1 spiro atoms. The predicted molar refractivity (Wildman–Crippen MR) is 132 cm³/mol. The quantitative estimate of drug-likeness (QED) is 0.403. The van der Waals surface area contributed by atoms with Crippen molar-refractivity contribution in [1.82, 2.24) is 14.8 Å². The number of rotatable bonds is 9. The highest BCUT2D eigenvalue weighted by Gasteiger charge is 2.54. The third kappa shape index (κ3) is 4.89. The zero-order valence-corrected chi connectivity index (χ0v) is 21.0. The van der Waals surface area contributed by atoms with Crippen molar-refractivity contribution in [2.75, 3.05) is 41.5 Å². The van der Waals surface area contributed by atoms with Gasteiger partial charge in [0.05, 0.1) is 32.8 Å². The number of methoxy groups -OCH3 is 3. The van der Waals surface area contributed by atoms with E-state index in [1.807, 2.05) is 25.1 Å². The fraction of sp³-hybridized carbons (Fsp3) is 0.444. The molecule has 1 aromatic carbocycles. The summed E-state index contributed by atoms with van der Waals surface area (Å²) >= 11 is 0. The molecule has 1 aromatic heterocycles. The maximum atomic E-state index is 11.8. The molecule has 8 heteroatoms. The van der Waals surface area contributed by atoms with E-state index in [0.717, 1.165) is 71.7 Å².